The summed E-state index contributed by atoms with van der Waals surface area (Å²) in [4.78, 5) is 10.6. The zero-order chi connectivity index (χ0) is 9.14. The molecular formula is C8H12O4. The third kappa shape index (κ3) is 2.32. The lowest BCUT2D eigenvalue weighted by Crippen LogP contribution is -2.35. The summed E-state index contributed by atoms with van der Waals surface area (Å²) < 4.78 is 9.88. The molecule has 0 spiro atoms. The van der Waals surface area contributed by atoms with Gasteiger partial charge in [-0.2, -0.15) is 0 Å². The minimum absolute atomic E-state index is 0.297. The monoisotopic (exact) mass is 172 g/mol. The highest BCUT2D eigenvalue weighted by atomic mass is 16.6. The maximum absolute atomic E-state index is 10.6. The van der Waals surface area contributed by atoms with Gasteiger partial charge in [-0.15, -0.1) is 0 Å². The molecule has 0 saturated carbocycles. The van der Waals surface area contributed by atoms with Gasteiger partial charge < -0.3 is 14.6 Å². The Balaban J connectivity index is 2.54. The molecule has 1 unspecified atom stereocenters. The summed E-state index contributed by atoms with van der Waals surface area (Å²) in [6.07, 6.45) is 1.51. The molecule has 1 rings (SSSR count). The Morgan fingerprint density at radius 1 is 1.58 bits per heavy atom. The van der Waals surface area contributed by atoms with Gasteiger partial charge in [0.15, 0.2) is 6.29 Å². The number of aliphatic hydroxyl groups is 1. The Kier molecular flexibility index (Phi) is 2.83. The second-order valence-electron chi connectivity index (χ2n) is 2.69. The fourth-order valence-electron chi connectivity index (χ4n) is 1.03. The van der Waals surface area contributed by atoms with Crippen LogP contribution in [0.4, 0.5) is 0 Å². The molecule has 12 heavy (non-hydrogen) atoms. The number of carbonyl (C=O) groups is 1. The molecule has 0 aliphatic carbocycles. The van der Waals surface area contributed by atoms with E-state index in [-0.39, 0.29) is 18.2 Å². The molecule has 0 aromatic heterocycles. The van der Waals surface area contributed by atoms with Crippen LogP contribution in [0.3, 0.4) is 0 Å². The molecule has 1 aliphatic rings. The van der Waals surface area contributed by atoms with Crippen molar-refractivity contribution in [3.63, 3.8) is 0 Å². The first-order valence-electron chi connectivity index (χ1n) is 3.78. The summed E-state index contributed by atoms with van der Waals surface area (Å²) in [5, 5.41) is 8.98. The molecule has 0 fully saturated rings. The maximum atomic E-state index is 10.6. The van der Waals surface area contributed by atoms with Crippen molar-refractivity contribution in [2.75, 3.05) is 0 Å². The molecule has 0 saturated heterocycles. The van der Waals surface area contributed by atoms with Gasteiger partial charge in [-0.25, -0.2) is 0 Å². The Morgan fingerprint density at radius 2 is 2.25 bits per heavy atom. The van der Waals surface area contributed by atoms with Crippen molar-refractivity contribution in [1.82, 2.24) is 0 Å². The summed E-state index contributed by atoms with van der Waals surface area (Å²) in [5.41, 5.74) is 0. The highest BCUT2D eigenvalue weighted by Crippen LogP contribution is 2.13. The lowest BCUT2D eigenvalue weighted by atomic mass is 10.1. The summed E-state index contributed by atoms with van der Waals surface area (Å²) in [6, 6.07) is 0. The van der Waals surface area contributed by atoms with Crippen molar-refractivity contribution < 1.29 is 19.4 Å². The standard InChI is InChI=1S/C8H12O4/c1-5-7(12-6(2)9)3-4-8(10)11-5/h3-5,7-8,10H,1-2H3/t5-,7-,8?/m0/s1. The average Bonchev–Trinajstić information content (AvgIpc) is 1.94. The van der Waals surface area contributed by atoms with Crippen LogP contribution in [-0.2, 0) is 14.3 Å². The number of esters is 1. The van der Waals surface area contributed by atoms with E-state index >= 15 is 0 Å². The number of rotatable bonds is 1. The fraction of sp³-hybridized carbons (Fsp3) is 0.625. The van der Waals surface area contributed by atoms with Crippen molar-refractivity contribution in [2.24, 2.45) is 0 Å². The maximum Gasteiger partial charge on any atom is 0.303 e. The molecule has 4 nitrogen and oxygen atoms in total. The number of hydrogen-bond acceptors (Lipinski definition) is 4. The summed E-state index contributed by atoms with van der Waals surface area (Å²) in [7, 11) is 0. The van der Waals surface area contributed by atoms with Crippen LogP contribution in [0.5, 0.6) is 0 Å². The number of aliphatic hydroxyl groups excluding tert-OH is 1. The molecule has 1 aliphatic heterocycles. The van der Waals surface area contributed by atoms with Crippen molar-refractivity contribution in [3.8, 4) is 0 Å². The molecule has 0 radical (unpaired) electrons. The van der Waals surface area contributed by atoms with E-state index in [0.717, 1.165) is 0 Å². The molecule has 3 atom stereocenters. The van der Waals surface area contributed by atoms with Crippen LogP contribution >= 0.6 is 0 Å². The van der Waals surface area contributed by atoms with Gasteiger partial charge in [0.25, 0.3) is 0 Å². The molecule has 0 aromatic carbocycles. The average molecular weight is 172 g/mol. The number of hydrogen-bond donors (Lipinski definition) is 1. The van der Waals surface area contributed by atoms with E-state index in [1.807, 2.05) is 0 Å². The zero-order valence-electron chi connectivity index (χ0n) is 7.06. The second kappa shape index (κ2) is 3.69. The van der Waals surface area contributed by atoms with Gasteiger partial charge in [0.2, 0.25) is 0 Å². The second-order valence-corrected chi connectivity index (χ2v) is 2.69. The minimum Gasteiger partial charge on any atom is -0.456 e. The van der Waals surface area contributed by atoms with Gasteiger partial charge in [0, 0.05) is 6.92 Å². The van der Waals surface area contributed by atoms with E-state index in [4.69, 9.17) is 14.6 Å². The van der Waals surface area contributed by atoms with E-state index < -0.39 is 6.29 Å². The van der Waals surface area contributed by atoms with Crippen LogP contribution in [0.25, 0.3) is 0 Å². The third-order valence-corrected chi connectivity index (χ3v) is 1.58. The van der Waals surface area contributed by atoms with Gasteiger partial charge in [-0.05, 0) is 19.1 Å². The predicted octanol–water partition coefficient (Wildman–Crippen LogP) is 0.211. The Morgan fingerprint density at radius 3 is 2.75 bits per heavy atom. The zero-order valence-corrected chi connectivity index (χ0v) is 7.06. The largest absolute Gasteiger partial charge is 0.456 e. The molecule has 0 aromatic rings. The van der Waals surface area contributed by atoms with Crippen LogP contribution in [0.2, 0.25) is 0 Å². The SMILES string of the molecule is CC(=O)O[C@H]1C=CC(O)O[C@H]1C. The van der Waals surface area contributed by atoms with Gasteiger partial charge in [0.05, 0.1) is 6.10 Å². The molecular weight excluding hydrogens is 160 g/mol. The number of carbonyl (C=O) groups excluding carboxylic acids is 1. The minimum atomic E-state index is -0.883. The van der Waals surface area contributed by atoms with Crippen LogP contribution in [0, 0.1) is 0 Å². The van der Waals surface area contributed by atoms with Gasteiger partial charge in [-0.3, -0.25) is 4.79 Å². The molecule has 1 N–H and O–H groups in total. The van der Waals surface area contributed by atoms with E-state index in [2.05, 4.69) is 0 Å². The van der Waals surface area contributed by atoms with Crippen LogP contribution < -0.4 is 0 Å². The topological polar surface area (TPSA) is 55.8 Å². The first-order chi connectivity index (χ1) is 5.59. The smallest absolute Gasteiger partial charge is 0.303 e. The fourth-order valence-corrected chi connectivity index (χ4v) is 1.03. The van der Waals surface area contributed by atoms with E-state index in [1.165, 1.54) is 13.0 Å². The van der Waals surface area contributed by atoms with E-state index in [9.17, 15) is 4.79 Å². The van der Waals surface area contributed by atoms with Crippen LogP contribution in [0.15, 0.2) is 12.2 Å². The van der Waals surface area contributed by atoms with Crippen LogP contribution in [0.1, 0.15) is 13.8 Å². The lowest BCUT2D eigenvalue weighted by molar-refractivity contribution is -0.167. The Hall–Kier alpha value is -0.870. The van der Waals surface area contributed by atoms with Gasteiger partial charge in [-0.1, -0.05) is 0 Å². The number of ether oxygens (including phenoxy) is 2. The predicted molar refractivity (Wildman–Crippen MR) is 41.2 cm³/mol. The van der Waals surface area contributed by atoms with Gasteiger partial charge >= 0.3 is 5.97 Å². The lowest BCUT2D eigenvalue weighted by Gasteiger charge is -2.26. The summed E-state index contributed by atoms with van der Waals surface area (Å²) in [5.74, 6) is -0.350. The molecule has 1 heterocycles. The van der Waals surface area contributed by atoms with E-state index in [0.29, 0.717) is 0 Å². The Labute approximate surface area is 70.8 Å². The molecule has 68 valence electrons. The van der Waals surface area contributed by atoms with Crippen molar-refractivity contribution in [3.05, 3.63) is 12.2 Å². The first-order valence-corrected chi connectivity index (χ1v) is 3.78. The van der Waals surface area contributed by atoms with Crippen molar-refractivity contribution in [2.45, 2.75) is 32.3 Å². The van der Waals surface area contributed by atoms with Crippen molar-refractivity contribution >= 4 is 5.97 Å². The van der Waals surface area contributed by atoms with Crippen molar-refractivity contribution in [1.29, 1.82) is 0 Å². The molecule has 4 heteroatoms. The van der Waals surface area contributed by atoms with E-state index in [1.54, 1.807) is 13.0 Å². The normalized spacial score (nSPS) is 34.8. The Bertz CT molecular complexity index is 199. The van der Waals surface area contributed by atoms with Crippen LogP contribution in [-0.4, -0.2) is 29.6 Å². The first kappa shape index (κ1) is 9.22. The molecule has 0 bridgehead atoms. The summed E-state index contributed by atoms with van der Waals surface area (Å²) >= 11 is 0. The highest BCUT2D eigenvalue weighted by molar-refractivity contribution is 5.66. The van der Waals surface area contributed by atoms with Gasteiger partial charge in [0.1, 0.15) is 6.10 Å². The third-order valence-electron chi connectivity index (χ3n) is 1.58. The quantitative estimate of drug-likeness (QED) is 0.454. The highest BCUT2D eigenvalue weighted by Gasteiger charge is 2.24. The summed E-state index contributed by atoms with van der Waals surface area (Å²) in [6.45, 7) is 3.08. The molecule has 0 amide bonds.